The molecule has 0 aliphatic carbocycles. The summed E-state index contributed by atoms with van der Waals surface area (Å²) in [6, 6.07) is 13.7. The monoisotopic (exact) mass is 253 g/mol. The molecule has 3 heteroatoms. The fourth-order valence-electron chi connectivity index (χ4n) is 2.24. The van der Waals surface area contributed by atoms with Crippen molar-refractivity contribution >= 4 is 11.4 Å². The molecule has 0 bridgehead atoms. The Hall–Kier alpha value is -2.42. The van der Waals surface area contributed by atoms with Crippen LogP contribution in [0.2, 0.25) is 0 Å². The molecule has 0 saturated carbocycles. The predicted molar refractivity (Wildman–Crippen MR) is 76.2 cm³/mol. The molecule has 0 atom stereocenters. The third kappa shape index (κ3) is 2.03. The summed E-state index contributed by atoms with van der Waals surface area (Å²) in [7, 11) is 1.61. The van der Waals surface area contributed by atoms with Crippen molar-refractivity contribution < 1.29 is 9.47 Å². The van der Waals surface area contributed by atoms with Crippen LogP contribution in [0.15, 0.2) is 48.5 Å². The number of anilines is 1. The second-order valence-electron chi connectivity index (χ2n) is 4.40. The van der Waals surface area contributed by atoms with Crippen molar-refractivity contribution in [2.45, 2.75) is 6.42 Å². The maximum atomic E-state index is 6.10. The molecule has 2 aromatic rings. The van der Waals surface area contributed by atoms with Crippen LogP contribution in [0.3, 0.4) is 0 Å². The van der Waals surface area contributed by atoms with Gasteiger partial charge in [-0.1, -0.05) is 24.3 Å². The van der Waals surface area contributed by atoms with Gasteiger partial charge in [-0.25, -0.2) is 0 Å². The average molecular weight is 253 g/mol. The zero-order valence-electron chi connectivity index (χ0n) is 10.7. The largest absolute Gasteiger partial charge is 0.495 e. The molecule has 1 heterocycles. The van der Waals surface area contributed by atoms with Crippen LogP contribution < -0.4 is 15.2 Å². The van der Waals surface area contributed by atoms with E-state index in [0.717, 1.165) is 23.5 Å². The molecule has 0 saturated heterocycles. The van der Waals surface area contributed by atoms with Crippen molar-refractivity contribution in [3.05, 3.63) is 59.7 Å². The lowest BCUT2D eigenvalue weighted by atomic mass is 10.0. The number of methoxy groups -OCH3 is 1. The maximum Gasteiger partial charge on any atom is 0.142 e. The zero-order valence-corrected chi connectivity index (χ0v) is 10.7. The molecular formula is C16H15NO2. The minimum atomic E-state index is 0.607. The number of fused-ring (bicyclic) bond motifs is 1. The molecule has 0 unspecified atom stereocenters. The number of nitrogens with two attached hydrogens (primary N) is 1. The van der Waals surface area contributed by atoms with Crippen LogP contribution >= 0.6 is 0 Å². The van der Waals surface area contributed by atoms with Crippen LogP contribution in [0.4, 0.5) is 5.69 Å². The first kappa shape index (κ1) is 11.7. The van der Waals surface area contributed by atoms with Gasteiger partial charge in [0.15, 0.2) is 0 Å². The Morgan fingerprint density at radius 2 is 1.95 bits per heavy atom. The lowest BCUT2D eigenvalue weighted by molar-refractivity contribution is 0.416. The van der Waals surface area contributed by atoms with Gasteiger partial charge in [0, 0.05) is 5.56 Å². The van der Waals surface area contributed by atoms with Crippen LogP contribution in [0.25, 0.3) is 5.76 Å². The molecule has 2 N–H and O–H groups in total. The van der Waals surface area contributed by atoms with Gasteiger partial charge in [0.05, 0.1) is 12.8 Å². The summed E-state index contributed by atoms with van der Waals surface area (Å²) < 4.78 is 11.2. The number of nitrogen functional groups attached to an aromatic ring is 1. The van der Waals surface area contributed by atoms with Crippen molar-refractivity contribution in [3.63, 3.8) is 0 Å². The summed E-state index contributed by atoms with van der Waals surface area (Å²) in [5.74, 6) is 2.35. The van der Waals surface area contributed by atoms with Crippen LogP contribution in [0.5, 0.6) is 11.5 Å². The summed E-state index contributed by atoms with van der Waals surface area (Å²) in [6.45, 7) is 0. The van der Waals surface area contributed by atoms with Gasteiger partial charge in [0.2, 0.25) is 0 Å². The lowest BCUT2D eigenvalue weighted by Crippen LogP contribution is -2.06. The first-order valence-corrected chi connectivity index (χ1v) is 6.18. The highest BCUT2D eigenvalue weighted by Crippen LogP contribution is 2.35. The third-order valence-corrected chi connectivity index (χ3v) is 3.25. The molecule has 19 heavy (non-hydrogen) atoms. The maximum absolute atomic E-state index is 6.10. The number of ether oxygens (including phenoxy) is 2. The van der Waals surface area contributed by atoms with Crippen molar-refractivity contribution in [2.75, 3.05) is 12.8 Å². The second-order valence-corrected chi connectivity index (χ2v) is 4.40. The van der Waals surface area contributed by atoms with Crippen LogP contribution in [0.1, 0.15) is 11.1 Å². The Morgan fingerprint density at radius 3 is 2.79 bits per heavy atom. The van der Waals surface area contributed by atoms with Gasteiger partial charge in [-0.3, -0.25) is 0 Å². The molecule has 0 amide bonds. The van der Waals surface area contributed by atoms with E-state index in [2.05, 4.69) is 6.07 Å². The molecule has 96 valence electrons. The molecule has 0 spiro atoms. The predicted octanol–water partition coefficient (Wildman–Crippen LogP) is 3.25. The summed E-state index contributed by atoms with van der Waals surface area (Å²) in [4.78, 5) is 0. The number of hydrogen-bond donors (Lipinski definition) is 1. The summed E-state index contributed by atoms with van der Waals surface area (Å²) in [5.41, 5.74) is 8.76. The van der Waals surface area contributed by atoms with Crippen molar-refractivity contribution in [2.24, 2.45) is 0 Å². The fraction of sp³-hybridized carbons (Fsp3) is 0.125. The highest BCUT2D eigenvalue weighted by molar-refractivity contribution is 5.77. The van der Waals surface area contributed by atoms with Crippen LogP contribution in [-0.2, 0) is 6.42 Å². The molecule has 1 aliphatic rings. The van der Waals surface area contributed by atoms with E-state index in [4.69, 9.17) is 15.2 Å². The Bertz CT molecular complexity index is 647. The van der Waals surface area contributed by atoms with Gasteiger partial charge >= 0.3 is 0 Å². The van der Waals surface area contributed by atoms with E-state index in [1.54, 1.807) is 7.11 Å². The van der Waals surface area contributed by atoms with E-state index in [1.807, 2.05) is 42.5 Å². The molecule has 2 aromatic carbocycles. The van der Waals surface area contributed by atoms with E-state index in [1.165, 1.54) is 5.56 Å². The van der Waals surface area contributed by atoms with Crippen LogP contribution in [0, 0.1) is 0 Å². The van der Waals surface area contributed by atoms with E-state index in [9.17, 15) is 0 Å². The number of para-hydroxylation sites is 2. The fourth-order valence-corrected chi connectivity index (χ4v) is 2.24. The number of hydrogen-bond acceptors (Lipinski definition) is 3. The quantitative estimate of drug-likeness (QED) is 0.835. The Balaban J connectivity index is 1.99. The van der Waals surface area contributed by atoms with Gasteiger partial charge < -0.3 is 15.2 Å². The smallest absolute Gasteiger partial charge is 0.142 e. The second kappa shape index (κ2) is 4.69. The molecule has 3 nitrogen and oxygen atoms in total. The van der Waals surface area contributed by atoms with Gasteiger partial charge in [-0.15, -0.1) is 0 Å². The molecule has 0 radical (unpaired) electrons. The van der Waals surface area contributed by atoms with Gasteiger partial charge in [-0.05, 0) is 36.3 Å². The van der Waals surface area contributed by atoms with Gasteiger partial charge in [-0.2, -0.15) is 0 Å². The minimum Gasteiger partial charge on any atom is -0.495 e. The number of benzene rings is 2. The molecular weight excluding hydrogens is 238 g/mol. The highest BCUT2D eigenvalue weighted by atomic mass is 16.5. The Morgan fingerprint density at radius 1 is 1.11 bits per heavy atom. The van der Waals surface area contributed by atoms with E-state index in [-0.39, 0.29) is 0 Å². The highest BCUT2D eigenvalue weighted by Gasteiger charge is 2.16. The van der Waals surface area contributed by atoms with Gasteiger partial charge in [0.25, 0.3) is 0 Å². The first-order chi connectivity index (χ1) is 9.29. The number of allylic oxidation sites excluding steroid dienone is 1. The third-order valence-electron chi connectivity index (χ3n) is 3.25. The van der Waals surface area contributed by atoms with Crippen molar-refractivity contribution in [1.29, 1.82) is 0 Å². The summed E-state index contributed by atoms with van der Waals surface area (Å²) in [6.07, 6.45) is 2.90. The standard InChI is InChI=1S/C16H15NO2/c1-18-15-8-4-6-12(16(15)17)14-10-9-11-5-2-3-7-13(11)19-14/h2-8,10H,9,17H2,1H3. The Kier molecular flexibility index (Phi) is 2.88. The minimum absolute atomic E-state index is 0.607. The lowest BCUT2D eigenvalue weighted by Gasteiger charge is -2.19. The first-order valence-electron chi connectivity index (χ1n) is 6.18. The zero-order chi connectivity index (χ0) is 13.2. The topological polar surface area (TPSA) is 44.5 Å². The molecule has 0 aromatic heterocycles. The molecule has 0 fully saturated rings. The van der Waals surface area contributed by atoms with E-state index in [0.29, 0.717) is 11.4 Å². The molecule has 3 rings (SSSR count). The summed E-state index contributed by atoms with van der Waals surface area (Å²) >= 11 is 0. The normalized spacial score (nSPS) is 13.2. The van der Waals surface area contributed by atoms with Gasteiger partial charge in [0.1, 0.15) is 17.3 Å². The van der Waals surface area contributed by atoms with Crippen LogP contribution in [-0.4, -0.2) is 7.11 Å². The van der Waals surface area contributed by atoms with Crippen molar-refractivity contribution in [3.8, 4) is 11.5 Å². The van der Waals surface area contributed by atoms with E-state index < -0.39 is 0 Å². The SMILES string of the molecule is COc1cccc(C2=CCc3ccccc3O2)c1N. The molecule has 1 aliphatic heterocycles. The van der Waals surface area contributed by atoms with E-state index >= 15 is 0 Å². The average Bonchev–Trinajstić information content (AvgIpc) is 2.47. The Labute approximate surface area is 112 Å². The number of rotatable bonds is 2. The van der Waals surface area contributed by atoms with Crippen molar-refractivity contribution in [1.82, 2.24) is 0 Å². The summed E-state index contributed by atoms with van der Waals surface area (Å²) in [5, 5.41) is 0.